The second kappa shape index (κ2) is 9.28. The van der Waals surface area contributed by atoms with Gasteiger partial charge >= 0.3 is 0 Å². The van der Waals surface area contributed by atoms with Crippen LogP contribution in [-0.2, 0) is 11.3 Å². The average Bonchev–Trinajstić information content (AvgIpc) is 2.81. The fraction of sp³-hybridized carbons (Fsp3) is 0.238. The molecule has 5 nitrogen and oxygen atoms in total. The van der Waals surface area contributed by atoms with Crippen molar-refractivity contribution in [2.75, 3.05) is 17.2 Å². The van der Waals surface area contributed by atoms with Gasteiger partial charge in [-0.05, 0) is 42.3 Å². The van der Waals surface area contributed by atoms with Gasteiger partial charge < -0.3 is 16.0 Å². The van der Waals surface area contributed by atoms with E-state index in [-0.39, 0.29) is 11.8 Å². The van der Waals surface area contributed by atoms with Gasteiger partial charge in [0.25, 0.3) is 5.91 Å². The van der Waals surface area contributed by atoms with Crippen LogP contribution >= 0.6 is 23.4 Å². The number of nitrogens with two attached hydrogens (primary N) is 1. The predicted molar refractivity (Wildman–Crippen MR) is 115 cm³/mol. The monoisotopic (exact) mass is 415 g/mol. The molecule has 3 rings (SSSR count). The molecule has 0 bridgehead atoms. The van der Waals surface area contributed by atoms with E-state index in [1.54, 1.807) is 35.2 Å². The third kappa shape index (κ3) is 4.76. The Hall–Kier alpha value is -2.28. The number of nitrogens with one attached hydrogen (secondary N) is 1. The molecule has 1 atom stereocenters. The summed E-state index contributed by atoms with van der Waals surface area (Å²) >= 11 is 7.49. The van der Waals surface area contributed by atoms with E-state index in [4.69, 9.17) is 17.3 Å². The fourth-order valence-corrected chi connectivity index (χ4v) is 4.00. The molecular formula is C21H22ClN3O2S. The lowest BCUT2D eigenvalue weighted by Gasteiger charge is -2.25. The van der Waals surface area contributed by atoms with Crippen LogP contribution in [0, 0.1) is 0 Å². The Labute approximate surface area is 173 Å². The Bertz CT molecular complexity index is 886. The molecule has 0 unspecified atom stereocenters. The molecule has 0 aliphatic carbocycles. The van der Waals surface area contributed by atoms with Crippen molar-refractivity contribution in [3.63, 3.8) is 0 Å². The van der Waals surface area contributed by atoms with Crippen molar-refractivity contribution < 1.29 is 9.59 Å². The molecule has 2 amide bonds. The highest BCUT2D eigenvalue weighted by molar-refractivity contribution is 7.99. The lowest BCUT2D eigenvalue weighted by molar-refractivity contribution is -0.119. The van der Waals surface area contributed by atoms with E-state index in [0.717, 1.165) is 10.5 Å². The molecule has 28 heavy (non-hydrogen) atoms. The van der Waals surface area contributed by atoms with E-state index in [1.807, 2.05) is 18.2 Å². The molecule has 0 fully saturated rings. The summed E-state index contributed by atoms with van der Waals surface area (Å²) in [6.45, 7) is 4.53. The zero-order valence-electron chi connectivity index (χ0n) is 15.4. The minimum atomic E-state index is -0.602. The van der Waals surface area contributed by atoms with Crippen molar-refractivity contribution in [2.45, 2.75) is 23.9 Å². The maximum atomic E-state index is 12.9. The maximum absolute atomic E-state index is 12.9. The van der Waals surface area contributed by atoms with Gasteiger partial charge in [0.2, 0.25) is 5.91 Å². The molecule has 2 aromatic carbocycles. The number of thioether (sulfide) groups is 1. The summed E-state index contributed by atoms with van der Waals surface area (Å²) in [5.41, 5.74) is 8.23. The molecule has 1 heterocycles. The van der Waals surface area contributed by atoms with E-state index >= 15 is 0 Å². The van der Waals surface area contributed by atoms with Gasteiger partial charge in [-0.25, -0.2) is 0 Å². The van der Waals surface area contributed by atoms with E-state index in [1.165, 1.54) is 11.8 Å². The first-order chi connectivity index (χ1) is 13.5. The van der Waals surface area contributed by atoms with Gasteiger partial charge in [0, 0.05) is 27.8 Å². The Morgan fingerprint density at radius 3 is 2.79 bits per heavy atom. The molecule has 3 N–H and O–H groups in total. The van der Waals surface area contributed by atoms with Crippen LogP contribution in [0.5, 0.6) is 0 Å². The summed E-state index contributed by atoms with van der Waals surface area (Å²) in [5.74, 6) is 0.154. The Morgan fingerprint density at radius 1 is 1.32 bits per heavy atom. The zero-order chi connectivity index (χ0) is 20.1. The van der Waals surface area contributed by atoms with Gasteiger partial charge in [-0.1, -0.05) is 29.8 Å². The lowest BCUT2D eigenvalue weighted by Crippen LogP contribution is -2.44. The van der Waals surface area contributed by atoms with Crippen molar-refractivity contribution in [3.05, 3.63) is 71.3 Å². The third-order valence-electron chi connectivity index (χ3n) is 4.40. The van der Waals surface area contributed by atoms with Crippen LogP contribution in [0.25, 0.3) is 0 Å². The Kier molecular flexibility index (Phi) is 6.78. The highest BCUT2D eigenvalue weighted by Gasteiger charge is 2.29. The molecule has 2 aromatic rings. The van der Waals surface area contributed by atoms with Gasteiger partial charge in [0.05, 0.1) is 18.3 Å². The van der Waals surface area contributed by atoms with Crippen LogP contribution in [0.15, 0.2) is 60.0 Å². The molecule has 0 saturated heterocycles. The van der Waals surface area contributed by atoms with Gasteiger partial charge in [-0.3, -0.25) is 9.59 Å². The minimum absolute atomic E-state index is 0.162. The number of hydrogen-bond acceptors (Lipinski definition) is 4. The highest BCUT2D eigenvalue weighted by Crippen LogP contribution is 2.36. The SMILES string of the molecule is C=CCCNC(=O)c1ccc2c(c1)N(Cc1ccc(Cl)cc1)C(=O)[C@@H](N)CS2. The first kappa shape index (κ1) is 20.5. The number of carbonyl (C=O) groups is 2. The maximum Gasteiger partial charge on any atom is 0.251 e. The average molecular weight is 416 g/mol. The van der Waals surface area contributed by atoms with Crippen LogP contribution < -0.4 is 16.0 Å². The summed E-state index contributed by atoms with van der Waals surface area (Å²) in [7, 11) is 0. The van der Waals surface area contributed by atoms with E-state index in [2.05, 4.69) is 11.9 Å². The highest BCUT2D eigenvalue weighted by atomic mass is 35.5. The smallest absolute Gasteiger partial charge is 0.251 e. The van der Waals surface area contributed by atoms with Crippen LogP contribution in [0.3, 0.4) is 0 Å². The second-order valence-corrected chi connectivity index (χ2v) is 7.98. The molecule has 0 saturated carbocycles. The van der Waals surface area contributed by atoms with E-state index in [9.17, 15) is 9.59 Å². The first-order valence-electron chi connectivity index (χ1n) is 8.97. The zero-order valence-corrected chi connectivity index (χ0v) is 16.9. The van der Waals surface area contributed by atoms with Gasteiger partial charge in [-0.2, -0.15) is 0 Å². The minimum Gasteiger partial charge on any atom is -0.352 e. The Balaban J connectivity index is 1.93. The number of benzene rings is 2. The number of hydrogen-bond donors (Lipinski definition) is 2. The molecule has 0 aromatic heterocycles. The van der Waals surface area contributed by atoms with Crippen molar-refractivity contribution in [2.24, 2.45) is 5.73 Å². The molecule has 1 aliphatic rings. The molecule has 0 radical (unpaired) electrons. The topological polar surface area (TPSA) is 75.4 Å². The Morgan fingerprint density at radius 2 is 2.07 bits per heavy atom. The van der Waals surface area contributed by atoms with Crippen LogP contribution in [0.2, 0.25) is 5.02 Å². The standard InChI is InChI=1S/C21H22ClN3O2S/c1-2-3-10-24-20(26)15-6-9-19-18(11-15)25(21(27)17(23)13-28-19)12-14-4-7-16(22)8-5-14/h2,4-9,11,17H,1,3,10,12-13,23H2,(H,24,26)/t17-/m0/s1. The molecular weight excluding hydrogens is 394 g/mol. The van der Waals surface area contributed by atoms with Crippen molar-refractivity contribution >= 4 is 40.9 Å². The first-order valence-corrected chi connectivity index (χ1v) is 10.3. The van der Waals surface area contributed by atoms with Gasteiger partial charge in [-0.15, -0.1) is 18.3 Å². The largest absolute Gasteiger partial charge is 0.352 e. The molecule has 146 valence electrons. The lowest BCUT2D eigenvalue weighted by atomic mass is 10.1. The van der Waals surface area contributed by atoms with E-state index < -0.39 is 6.04 Å². The summed E-state index contributed by atoms with van der Waals surface area (Å²) < 4.78 is 0. The third-order valence-corrected chi connectivity index (χ3v) is 5.84. The number of fused-ring (bicyclic) bond motifs is 1. The number of nitrogens with zero attached hydrogens (tertiary/aromatic N) is 1. The molecule has 0 spiro atoms. The van der Waals surface area contributed by atoms with E-state index in [0.29, 0.717) is 41.5 Å². The summed E-state index contributed by atoms with van der Waals surface area (Å²) in [6.07, 6.45) is 2.45. The second-order valence-electron chi connectivity index (χ2n) is 6.48. The fourth-order valence-electron chi connectivity index (χ4n) is 2.89. The van der Waals surface area contributed by atoms with Crippen molar-refractivity contribution in [1.29, 1.82) is 0 Å². The number of amides is 2. The van der Waals surface area contributed by atoms with Gasteiger partial charge in [0.1, 0.15) is 0 Å². The number of rotatable bonds is 6. The molecule has 7 heteroatoms. The summed E-state index contributed by atoms with van der Waals surface area (Å²) in [5, 5.41) is 3.49. The summed E-state index contributed by atoms with van der Waals surface area (Å²) in [4.78, 5) is 28.0. The van der Waals surface area contributed by atoms with Crippen LogP contribution in [0.1, 0.15) is 22.3 Å². The van der Waals surface area contributed by atoms with Gasteiger partial charge in [0.15, 0.2) is 0 Å². The molecule has 1 aliphatic heterocycles. The predicted octanol–water partition coefficient (Wildman–Crippen LogP) is 3.61. The number of anilines is 1. The quantitative estimate of drug-likeness (QED) is 0.558. The van der Waals surface area contributed by atoms with Crippen molar-refractivity contribution in [3.8, 4) is 0 Å². The number of halogens is 1. The van der Waals surface area contributed by atoms with Crippen molar-refractivity contribution in [1.82, 2.24) is 5.32 Å². The normalized spacial score (nSPS) is 16.3. The van der Waals surface area contributed by atoms with Crippen LogP contribution in [0.4, 0.5) is 5.69 Å². The van der Waals surface area contributed by atoms with Crippen LogP contribution in [-0.4, -0.2) is 30.2 Å². The summed E-state index contributed by atoms with van der Waals surface area (Å²) in [6, 6.07) is 12.2. The number of carbonyl (C=O) groups excluding carboxylic acids is 2.